The minimum atomic E-state index is 0.179. The molecule has 0 unspecified atom stereocenters. The molecule has 5 heteroatoms. The second-order valence-corrected chi connectivity index (χ2v) is 7.31. The van der Waals surface area contributed by atoms with Gasteiger partial charge in [0.2, 0.25) is 5.91 Å². The smallest absolute Gasteiger partial charge is 0.220 e. The van der Waals surface area contributed by atoms with Gasteiger partial charge in [0, 0.05) is 69.3 Å². The van der Waals surface area contributed by atoms with Crippen LogP contribution in [-0.2, 0) is 17.8 Å². The molecule has 142 valence electrons. The third kappa shape index (κ3) is 4.86. The number of likely N-dealkylation sites (N-methyl/N-ethyl adjacent to an activating group) is 1. The zero-order valence-electron chi connectivity index (χ0n) is 16.2. The number of carbonyl (C=O) groups is 1. The summed E-state index contributed by atoms with van der Waals surface area (Å²) in [5.41, 5.74) is 2.65. The molecule has 3 rings (SSSR count). The Bertz CT molecular complexity index is 716. The fraction of sp³-hybridized carbons (Fsp3) is 0.571. The molecule has 1 aliphatic rings. The zero-order valence-corrected chi connectivity index (χ0v) is 16.2. The van der Waals surface area contributed by atoms with Crippen molar-refractivity contribution in [2.75, 3.05) is 46.3 Å². The van der Waals surface area contributed by atoms with Crippen LogP contribution in [0.3, 0.4) is 0 Å². The molecule has 1 saturated heterocycles. The molecule has 1 amide bonds. The van der Waals surface area contributed by atoms with Gasteiger partial charge in [0.1, 0.15) is 0 Å². The van der Waals surface area contributed by atoms with E-state index in [1.165, 1.54) is 16.5 Å². The van der Waals surface area contributed by atoms with Crippen molar-refractivity contribution in [3.05, 3.63) is 36.0 Å². The second kappa shape index (κ2) is 9.19. The van der Waals surface area contributed by atoms with Crippen LogP contribution < -0.4 is 5.32 Å². The van der Waals surface area contributed by atoms with Crippen molar-refractivity contribution in [1.29, 1.82) is 0 Å². The maximum atomic E-state index is 12.1. The van der Waals surface area contributed by atoms with Gasteiger partial charge in [0.25, 0.3) is 0 Å². The fourth-order valence-electron chi connectivity index (χ4n) is 3.74. The van der Waals surface area contributed by atoms with E-state index in [1.54, 1.807) is 0 Å². The Hall–Kier alpha value is -1.85. The Labute approximate surface area is 157 Å². The number of aryl methyl sites for hydroxylation is 2. The number of hydrogen-bond acceptors (Lipinski definition) is 3. The predicted octanol–water partition coefficient (Wildman–Crippen LogP) is 2.35. The molecule has 5 nitrogen and oxygen atoms in total. The number of para-hydroxylation sites is 1. The quantitative estimate of drug-likeness (QED) is 0.789. The first-order valence-electron chi connectivity index (χ1n) is 9.91. The Kier molecular flexibility index (Phi) is 6.69. The molecule has 1 N–H and O–H groups in total. The highest BCUT2D eigenvalue weighted by Gasteiger charge is 2.13. The van der Waals surface area contributed by atoms with Crippen LogP contribution in [0.15, 0.2) is 30.5 Å². The largest absolute Gasteiger partial charge is 0.355 e. The molecule has 0 radical (unpaired) electrons. The van der Waals surface area contributed by atoms with Crippen LogP contribution in [0.4, 0.5) is 0 Å². The SMILES string of the molecule is CCn1cc(CCCC(=O)NCCN2CCN(C)CC2)c2ccccc21. The number of fused-ring (bicyclic) bond motifs is 1. The Morgan fingerprint density at radius 1 is 1.15 bits per heavy atom. The van der Waals surface area contributed by atoms with Crippen molar-refractivity contribution in [3.63, 3.8) is 0 Å². The number of piperazine rings is 1. The van der Waals surface area contributed by atoms with Crippen molar-refractivity contribution >= 4 is 16.8 Å². The van der Waals surface area contributed by atoms with E-state index in [1.807, 2.05) is 0 Å². The highest BCUT2D eigenvalue weighted by atomic mass is 16.1. The number of amides is 1. The lowest BCUT2D eigenvalue weighted by molar-refractivity contribution is -0.121. The molecule has 1 aromatic heterocycles. The molecule has 2 aromatic rings. The Balaban J connectivity index is 1.39. The first-order valence-corrected chi connectivity index (χ1v) is 9.91. The molecule has 26 heavy (non-hydrogen) atoms. The van der Waals surface area contributed by atoms with Crippen molar-refractivity contribution in [3.8, 4) is 0 Å². The van der Waals surface area contributed by atoms with E-state index in [9.17, 15) is 4.79 Å². The van der Waals surface area contributed by atoms with E-state index in [4.69, 9.17) is 0 Å². The lowest BCUT2D eigenvalue weighted by atomic mass is 10.1. The third-order valence-corrected chi connectivity index (χ3v) is 5.41. The molecule has 0 atom stereocenters. The predicted molar refractivity (Wildman–Crippen MR) is 107 cm³/mol. The number of rotatable bonds is 8. The highest BCUT2D eigenvalue weighted by molar-refractivity contribution is 5.84. The van der Waals surface area contributed by atoms with Gasteiger partial charge in [-0.1, -0.05) is 18.2 Å². The molecule has 0 saturated carbocycles. The molecule has 1 aliphatic heterocycles. The highest BCUT2D eigenvalue weighted by Crippen LogP contribution is 2.22. The Morgan fingerprint density at radius 3 is 2.69 bits per heavy atom. The first kappa shape index (κ1) is 18.9. The van der Waals surface area contributed by atoms with Gasteiger partial charge in [0.05, 0.1) is 0 Å². The van der Waals surface area contributed by atoms with Gasteiger partial charge >= 0.3 is 0 Å². The van der Waals surface area contributed by atoms with E-state index < -0.39 is 0 Å². The summed E-state index contributed by atoms with van der Waals surface area (Å²) in [7, 11) is 2.16. The summed E-state index contributed by atoms with van der Waals surface area (Å²) in [6.07, 6.45) is 4.71. The molecule has 0 spiro atoms. The number of hydrogen-bond donors (Lipinski definition) is 1. The second-order valence-electron chi connectivity index (χ2n) is 7.31. The standard InChI is InChI=1S/C21H32N4O/c1-3-25-17-18(19-8-4-5-9-20(19)25)7-6-10-21(26)22-11-12-24-15-13-23(2)14-16-24/h4-5,8-9,17H,3,6-7,10-16H2,1-2H3,(H,22,26). The monoisotopic (exact) mass is 356 g/mol. The van der Waals surface area contributed by atoms with Crippen LogP contribution >= 0.6 is 0 Å². The number of benzene rings is 1. The van der Waals surface area contributed by atoms with E-state index in [-0.39, 0.29) is 5.91 Å². The van der Waals surface area contributed by atoms with Gasteiger partial charge in [-0.2, -0.15) is 0 Å². The molecule has 0 bridgehead atoms. The summed E-state index contributed by atoms with van der Waals surface area (Å²) >= 11 is 0. The van der Waals surface area contributed by atoms with Crippen molar-refractivity contribution in [1.82, 2.24) is 19.7 Å². The van der Waals surface area contributed by atoms with Gasteiger partial charge in [-0.25, -0.2) is 0 Å². The fourth-order valence-corrected chi connectivity index (χ4v) is 3.74. The average Bonchev–Trinajstić information content (AvgIpc) is 3.01. The van der Waals surface area contributed by atoms with Crippen LogP contribution in [0.5, 0.6) is 0 Å². The van der Waals surface area contributed by atoms with Crippen LogP contribution in [0.2, 0.25) is 0 Å². The van der Waals surface area contributed by atoms with E-state index >= 15 is 0 Å². The summed E-state index contributed by atoms with van der Waals surface area (Å²) < 4.78 is 2.29. The van der Waals surface area contributed by atoms with E-state index in [0.29, 0.717) is 6.42 Å². The summed E-state index contributed by atoms with van der Waals surface area (Å²) in [4.78, 5) is 16.9. The summed E-state index contributed by atoms with van der Waals surface area (Å²) in [5.74, 6) is 0.179. The molecular weight excluding hydrogens is 324 g/mol. The van der Waals surface area contributed by atoms with Gasteiger partial charge in [0.15, 0.2) is 0 Å². The summed E-state index contributed by atoms with van der Waals surface area (Å²) in [6.45, 7) is 9.33. The normalized spacial score (nSPS) is 16.2. The van der Waals surface area contributed by atoms with Crippen molar-refractivity contribution in [2.45, 2.75) is 32.7 Å². The average molecular weight is 357 g/mol. The number of aromatic nitrogens is 1. The first-order chi connectivity index (χ1) is 12.7. The van der Waals surface area contributed by atoms with Crippen molar-refractivity contribution < 1.29 is 4.79 Å². The molecule has 1 aromatic carbocycles. The summed E-state index contributed by atoms with van der Waals surface area (Å²) in [6, 6.07) is 8.54. The van der Waals surface area contributed by atoms with Gasteiger partial charge in [-0.3, -0.25) is 9.69 Å². The minimum absolute atomic E-state index is 0.179. The van der Waals surface area contributed by atoms with Crippen LogP contribution in [-0.4, -0.2) is 66.6 Å². The summed E-state index contributed by atoms with van der Waals surface area (Å²) in [5, 5.41) is 4.41. The van der Waals surface area contributed by atoms with Crippen LogP contribution in [0, 0.1) is 0 Å². The molecule has 0 aliphatic carbocycles. The number of carbonyl (C=O) groups excluding carboxylic acids is 1. The maximum Gasteiger partial charge on any atom is 0.220 e. The Morgan fingerprint density at radius 2 is 1.92 bits per heavy atom. The molecule has 2 heterocycles. The number of nitrogens with zero attached hydrogens (tertiary/aromatic N) is 3. The van der Waals surface area contributed by atoms with Crippen LogP contribution in [0.25, 0.3) is 10.9 Å². The minimum Gasteiger partial charge on any atom is -0.355 e. The molecular formula is C21H32N4O. The lowest BCUT2D eigenvalue weighted by Crippen LogP contribution is -2.46. The van der Waals surface area contributed by atoms with Crippen molar-refractivity contribution in [2.24, 2.45) is 0 Å². The molecule has 1 fully saturated rings. The zero-order chi connectivity index (χ0) is 18.4. The van der Waals surface area contributed by atoms with E-state index in [2.05, 4.69) is 64.1 Å². The van der Waals surface area contributed by atoms with Crippen LogP contribution in [0.1, 0.15) is 25.3 Å². The number of nitrogens with one attached hydrogen (secondary N) is 1. The third-order valence-electron chi connectivity index (χ3n) is 5.41. The maximum absolute atomic E-state index is 12.1. The van der Waals surface area contributed by atoms with Gasteiger partial charge in [-0.15, -0.1) is 0 Å². The van der Waals surface area contributed by atoms with Gasteiger partial charge in [-0.05, 0) is 38.4 Å². The lowest BCUT2D eigenvalue weighted by Gasteiger charge is -2.32. The van der Waals surface area contributed by atoms with E-state index in [0.717, 1.165) is 58.7 Å². The topological polar surface area (TPSA) is 40.5 Å². The van der Waals surface area contributed by atoms with Gasteiger partial charge < -0.3 is 14.8 Å².